The van der Waals surface area contributed by atoms with Crippen LogP contribution in [0.5, 0.6) is 11.5 Å². The van der Waals surface area contributed by atoms with E-state index in [4.69, 9.17) is 25.7 Å². The number of amides is 2. The van der Waals surface area contributed by atoms with Crippen LogP contribution < -0.4 is 9.47 Å². The Morgan fingerprint density at radius 3 is 1.55 bits per heavy atom. The molecule has 13 heteroatoms. The number of halogens is 3. The number of pyridine rings is 2. The van der Waals surface area contributed by atoms with Gasteiger partial charge >= 0.3 is 0 Å². The Balaban J connectivity index is 0.000000605. The number of aliphatic hydroxyl groups is 1. The number of carbonyl (C=O) groups excluding carboxylic acids is 2. The number of carbonyl (C=O) groups is 2. The average Bonchev–Trinajstić information content (AvgIpc) is 2.88. The molecule has 0 saturated heterocycles. The highest BCUT2D eigenvalue weighted by atomic mass is 79.9. The van der Waals surface area contributed by atoms with Crippen molar-refractivity contribution in [2.24, 2.45) is 0 Å². The fourth-order valence-electron chi connectivity index (χ4n) is 2.47. The number of ether oxygens (including phenoxy) is 2. The van der Waals surface area contributed by atoms with Gasteiger partial charge in [-0.2, -0.15) is 11.1 Å². The molecule has 0 aliphatic carbocycles. The van der Waals surface area contributed by atoms with Crippen LogP contribution in [0.3, 0.4) is 0 Å². The quantitative estimate of drug-likeness (QED) is 0.245. The Labute approximate surface area is 261 Å². The van der Waals surface area contributed by atoms with Gasteiger partial charge in [-0.25, -0.2) is 9.97 Å². The van der Waals surface area contributed by atoms with Crippen molar-refractivity contribution in [1.82, 2.24) is 19.8 Å². The van der Waals surface area contributed by atoms with Crippen LogP contribution in [-0.2, 0) is 0 Å². The highest BCUT2D eigenvalue weighted by Crippen LogP contribution is 2.38. The summed E-state index contributed by atoms with van der Waals surface area (Å²) in [5.41, 5.74) is 0.687. The topological polar surface area (TPSA) is 105 Å². The zero-order valence-corrected chi connectivity index (χ0v) is 30.1. The molecular formula is C27H43Br2ClN4O5Si. The summed E-state index contributed by atoms with van der Waals surface area (Å²) in [4.78, 5) is 34.8. The van der Waals surface area contributed by atoms with Crippen molar-refractivity contribution in [3.8, 4) is 11.5 Å². The van der Waals surface area contributed by atoms with Crippen LogP contribution >= 0.6 is 42.9 Å². The maximum Gasteiger partial charge on any atom is 0.272 e. The van der Waals surface area contributed by atoms with E-state index in [2.05, 4.69) is 75.7 Å². The van der Waals surface area contributed by atoms with Gasteiger partial charge in [0.05, 0.1) is 29.8 Å². The van der Waals surface area contributed by atoms with Crippen molar-refractivity contribution in [3.05, 3.63) is 44.9 Å². The zero-order valence-electron chi connectivity index (χ0n) is 25.1. The van der Waals surface area contributed by atoms with Crippen molar-refractivity contribution in [1.29, 1.82) is 0 Å². The van der Waals surface area contributed by atoms with E-state index in [9.17, 15) is 9.59 Å². The zero-order chi connectivity index (χ0) is 31.3. The van der Waals surface area contributed by atoms with Gasteiger partial charge in [-0.3, -0.25) is 9.59 Å². The predicted molar refractivity (Wildman–Crippen MR) is 171 cm³/mol. The van der Waals surface area contributed by atoms with Crippen LogP contribution in [0.4, 0.5) is 0 Å². The Kier molecular flexibility index (Phi) is 17.2. The minimum atomic E-state index is -1.39. The molecule has 226 valence electrons. The average molecular weight is 727 g/mol. The molecule has 2 heterocycles. The molecule has 0 aliphatic rings. The van der Waals surface area contributed by atoms with E-state index in [1.807, 2.05) is 6.92 Å². The first-order valence-electron chi connectivity index (χ1n) is 12.6. The molecule has 9 nitrogen and oxygen atoms in total. The summed E-state index contributed by atoms with van der Waals surface area (Å²) in [5, 5.41) is 9.07. The summed E-state index contributed by atoms with van der Waals surface area (Å²) in [6, 6.07) is 3.19. The molecule has 0 spiro atoms. The molecule has 40 heavy (non-hydrogen) atoms. The normalized spacial score (nSPS) is 10.8. The van der Waals surface area contributed by atoms with Gasteiger partial charge in [0.1, 0.15) is 22.9 Å². The van der Waals surface area contributed by atoms with Crippen molar-refractivity contribution < 1.29 is 24.2 Å². The third-order valence-corrected chi connectivity index (χ3v) is 12.4. The second kappa shape index (κ2) is 17.9. The second-order valence-corrected chi connectivity index (χ2v) is 19.3. The molecule has 2 amide bonds. The minimum Gasteiger partial charge on any atom is -0.495 e. The predicted octanol–water partition coefficient (Wildman–Crippen LogP) is 6.48. The maximum atomic E-state index is 11.9. The van der Waals surface area contributed by atoms with E-state index in [0.717, 1.165) is 17.4 Å². The van der Waals surface area contributed by atoms with E-state index in [0.29, 0.717) is 26.7 Å². The minimum absolute atomic E-state index is 0.0735. The molecule has 0 bridgehead atoms. The molecule has 0 atom stereocenters. The molecule has 2 rings (SSSR count). The smallest absolute Gasteiger partial charge is 0.272 e. The van der Waals surface area contributed by atoms with Crippen molar-refractivity contribution >= 4 is 62.1 Å². The number of hydrogen-bond donors (Lipinski definition) is 1. The number of aromatic nitrogens is 2. The van der Waals surface area contributed by atoms with Crippen LogP contribution in [0.1, 0.15) is 55.1 Å². The standard InChI is InChI=1S/C11H15BrN2O2.C10H13BrN2O3.C6H15ClSi/c1-4-5-14(2)11(15)9-6-10(16-3)8(12)7-13-9;1-13(3-4-14)10(15)8-5-9(16-2)7(11)6-12-8;1-6(2,3)8(4,5)7/h6-7H,4-5H2,1-3H3;5-6,14H,3-4H2,1-2H3;1-5H3. The number of likely N-dealkylation sites (N-methyl/N-ethyl adjacent to an activating group) is 1. The van der Waals surface area contributed by atoms with Crippen LogP contribution in [-0.4, -0.2) is 92.1 Å². The molecule has 2 aromatic heterocycles. The lowest BCUT2D eigenvalue weighted by atomic mass is 10.2. The Bertz CT molecular complexity index is 1010. The van der Waals surface area contributed by atoms with Gasteiger partial charge in [-0.1, -0.05) is 40.8 Å². The summed E-state index contributed by atoms with van der Waals surface area (Å²) in [6.45, 7) is 13.9. The number of hydrogen-bond acceptors (Lipinski definition) is 7. The molecule has 0 aliphatic heterocycles. The van der Waals surface area contributed by atoms with E-state index in [1.54, 1.807) is 44.4 Å². The van der Waals surface area contributed by atoms with Gasteiger partial charge in [0.2, 0.25) is 0 Å². The van der Waals surface area contributed by atoms with Gasteiger partial charge < -0.3 is 24.4 Å². The largest absolute Gasteiger partial charge is 0.495 e. The van der Waals surface area contributed by atoms with Gasteiger partial charge in [0, 0.05) is 51.7 Å². The number of aliphatic hydroxyl groups excluding tert-OH is 1. The summed E-state index contributed by atoms with van der Waals surface area (Å²) in [5.74, 6) is 0.825. The van der Waals surface area contributed by atoms with Crippen LogP contribution in [0.2, 0.25) is 18.1 Å². The highest BCUT2D eigenvalue weighted by Gasteiger charge is 2.32. The molecule has 2 aromatic rings. The fourth-order valence-corrected chi connectivity index (χ4v) is 3.22. The monoisotopic (exact) mass is 724 g/mol. The molecule has 0 fully saturated rings. The summed E-state index contributed by atoms with van der Waals surface area (Å²) < 4.78 is 11.6. The van der Waals surface area contributed by atoms with Gasteiger partial charge in [-0.15, -0.1) is 0 Å². The fraction of sp³-hybridized carbons (Fsp3) is 0.556. The SMILES string of the molecule is CC(C)(C)[Si](C)(C)Cl.CCCN(C)C(=O)c1cc(OC)c(Br)cn1.COc1cc(C(=O)N(C)CCO)ncc1Br. The maximum absolute atomic E-state index is 11.9. The molecule has 0 aromatic carbocycles. The summed E-state index contributed by atoms with van der Waals surface area (Å²) >= 11 is 12.7. The first kappa shape index (κ1) is 38.3. The van der Waals surface area contributed by atoms with Crippen molar-refractivity contribution in [2.75, 3.05) is 48.0 Å². The summed E-state index contributed by atoms with van der Waals surface area (Å²) in [7, 11) is 5.06. The molecular weight excluding hydrogens is 684 g/mol. The van der Waals surface area contributed by atoms with Crippen molar-refractivity contribution in [2.45, 2.75) is 52.2 Å². The molecule has 0 unspecified atom stereocenters. The van der Waals surface area contributed by atoms with E-state index < -0.39 is 7.38 Å². The number of nitrogens with zero attached hydrogens (tertiary/aromatic N) is 4. The van der Waals surface area contributed by atoms with E-state index >= 15 is 0 Å². The number of methoxy groups -OCH3 is 2. The second-order valence-electron chi connectivity index (χ2n) is 10.3. The van der Waals surface area contributed by atoms with E-state index in [-0.39, 0.29) is 30.7 Å². The first-order valence-corrected chi connectivity index (χ1v) is 18.2. The number of rotatable bonds is 8. The summed E-state index contributed by atoms with van der Waals surface area (Å²) in [6.07, 6.45) is 4.01. The third kappa shape index (κ3) is 12.8. The Morgan fingerprint density at radius 1 is 0.925 bits per heavy atom. The third-order valence-electron chi connectivity index (χ3n) is 5.99. The highest BCUT2D eigenvalue weighted by molar-refractivity contribution is 9.10. The lowest BCUT2D eigenvalue weighted by Gasteiger charge is -2.29. The van der Waals surface area contributed by atoms with Crippen molar-refractivity contribution in [3.63, 3.8) is 0 Å². The molecule has 1 N–H and O–H groups in total. The van der Waals surface area contributed by atoms with Crippen LogP contribution in [0.25, 0.3) is 0 Å². The van der Waals surface area contributed by atoms with Crippen LogP contribution in [0.15, 0.2) is 33.5 Å². The van der Waals surface area contributed by atoms with Crippen LogP contribution in [0, 0.1) is 0 Å². The molecule has 0 saturated carbocycles. The molecule has 0 radical (unpaired) electrons. The lowest BCUT2D eigenvalue weighted by Crippen LogP contribution is -2.30. The lowest BCUT2D eigenvalue weighted by molar-refractivity contribution is 0.0759. The Hall–Kier alpha value is -1.73. The van der Waals surface area contributed by atoms with E-state index in [1.165, 1.54) is 18.2 Å². The first-order chi connectivity index (χ1) is 18.4. The Morgan fingerprint density at radius 2 is 1.27 bits per heavy atom. The van der Waals surface area contributed by atoms with Gasteiger partial charge in [-0.05, 0) is 43.3 Å². The van der Waals surface area contributed by atoms with Gasteiger partial charge in [0.15, 0.2) is 7.38 Å². The van der Waals surface area contributed by atoms with Gasteiger partial charge in [0.25, 0.3) is 11.8 Å².